The van der Waals surface area contributed by atoms with E-state index >= 15 is 0 Å². The molecular weight excluding hydrogens is 356 g/mol. The standard InChI is InChI=1S/C18H20N2O7/c1-10-13(18(23)24)7-12(27-10)8-19-16(21)9-20-17(22)11-4-5-14(25-2)15(6-11)26-3/h4-7H,8-9H2,1-3H3,(H,19,21)(H,20,22)(H,23,24). The van der Waals surface area contributed by atoms with Gasteiger partial charge in [0.25, 0.3) is 5.91 Å². The van der Waals surface area contributed by atoms with Gasteiger partial charge >= 0.3 is 5.97 Å². The van der Waals surface area contributed by atoms with E-state index in [2.05, 4.69) is 10.6 Å². The molecule has 0 aliphatic rings. The van der Waals surface area contributed by atoms with Crippen molar-refractivity contribution in [3.8, 4) is 11.5 Å². The fraction of sp³-hybridized carbons (Fsp3) is 0.278. The van der Waals surface area contributed by atoms with Crippen molar-refractivity contribution >= 4 is 17.8 Å². The summed E-state index contributed by atoms with van der Waals surface area (Å²) in [6.45, 7) is 1.29. The summed E-state index contributed by atoms with van der Waals surface area (Å²) in [6.07, 6.45) is 0. The van der Waals surface area contributed by atoms with Crippen molar-refractivity contribution in [2.24, 2.45) is 0 Å². The van der Waals surface area contributed by atoms with Crippen molar-refractivity contribution in [2.45, 2.75) is 13.5 Å². The van der Waals surface area contributed by atoms with E-state index in [4.69, 9.17) is 19.0 Å². The molecule has 0 atom stereocenters. The number of hydrogen-bond acceptors (Lipinski definition) is 6. The first-order chi connectivity index (χ1) is 12.8. The van der Waals surface area contributed by atoms with Crippen LogP contribution in [-0.4, -0.2) is 43.7 Å². The highest BCUT2D eigenvalue weighted by atomic mass is 16.5. The molecular formula is C18H20N2O7. The number of carbonyl (C=O) groups excluding carboxylic acids is 2. The van der Waals surface area contributed by atoms with Crippen LogP contribution in [0.25, 0.3) is 0 Å². The Morgan fingerprint density at radius 2 is 1.78 bits per heavy atom. The number of ether oxygens (including phenoxy) is 2. The van der Waals surface area contributed by atoms with E-state index in [1.54, 1.807) is 12.1 Å². The average molecular weight is 376 g/mol. The van der Waals surface area contributed by atoms with E-state index in [-0.39, 0.29) is 24.4 Å². The fourth-order valence-corrected chi connectivity index (χ4v) is 2.33. The van der Waals surface area contributed by atoms with Crippen LogP contribution in [0.1, 0.15) is 32.2 Å². The van der Waals surface area contributed by atoms with Gasteiger partial charge in [-0.15, -0.1) is 0 Å². The molecule has 1 aromatic heterocycles. The summed E-state index contributed by atoms with van der Waals surface area (Å²) in [5.41, 5.74) is 0.356. The normalized spacial score (nSPS) is 10.2. The Balaban J connectivity index is 1.87. The van der Waals surface area contributed by atoms with E-state index < -0.39 is 17.8 Å². The molecule has 1 aromatic carbocycles. The highest BCUT2D eigenvalue weighted by molar-refractivity contribution is 5.97. The van der Waals surface area contributed by atoms with Gasteiger partial charge in [0.2, 0.25) is 5.91 Å². The molecule has 0 unspecified atom stereocenters. The first-order valence-corrected chi connectivity index (χ1v) is 7.95. The lowest BCUT2D eigenvalue weighted by atomic mass is 10.2. The van der Waals surface area contributed by atoms with E-state index in [9.17, 15) is 14.4 Å². The molecule has 0 fully saturated rings. The number of carboxylic acids is 1. The zero-order valence-corrected chi connectivity index (χ0v) is 15.1. The smallest absolute Gasteiger partial charge is 0.339 e. The minimum absolute atomic E-state index is 0.0131. The number of carbonyl (C=O) groups is 3. The van der Waals surface area contributed by atoms with Crippen molar-refractivity contribution in [1.82, 2.24) is 10.6 Å². The van der Waals surface area contributed by atoms with E-state index in [1.807, 2.05) is 0 Å². The summed E-state index contributed by atoms with van der Waals surface area (Å²) in [5, 5.41) is 14.0. The summed E-state index contributed by atoms with van der Waals surface area (Å²) in [6, 6.07) is 5.99. The minimum atomic E-state index is -1.10. The Kier molecular flexibility index (Phi) is 6.42. The number of furan rings is 1. The van der Waals surface area contributed by atoms with Gasteiger partial charge in [0.15, 0.2) is 11.5 Å². The number of aromatic carboxylic acids is 1. The van der Waals surface area contributed by atoms with Crippen molar-refractivity contribution in [3.63, 3.8) is 0 Å². The maximum absolute atomic E-state index is 12.1. The highest BCUT2D eigenvalue weighted by Crippen LogP contribution is 2.27. The van der Waals surface area contributed by atoms with Crippen LogP contribution in [0.15, 0.2) is 28.7 Å². The Bertz CT molecular complexity index is 857. The van der Waals surface area contributed by atoms with Gasteiger partial charge in [0.1, 0.15) is 17.1 Å². The summed E-state index contributed by atoms with van der Waals surface area (Å²) in [7, 11) is 2.95. The number of benzene rings is 1. The largest absolute Gasteiger partial charge is 0.493 e. The van der Waals surface area contributed by atoms with E-state index in [1.165, 1.54) is 33.3 Å². The van der Waals surface area contributed by atoms with Crippen molar-refractivity contribution in [1.29, 1.82) is 0 Å². The van der Waals surface area contributed by atoms with Gasteiger partial charge in [-0.1, -0.05) is 0 Å². The predicted octanol–water partition coefficient (Wildman–Crippen LogP) is 1.35. The molecule has 0 spiro atoms. The Morgan fingerprint density at radius 3 is 2.37 bits per heavy atom. The lowest BCUT2D eigenvalue weighted by Gasteiger charge is -2.10. The van der Waals surface area contributed by atoms with Crippen LogP contribution in [0.2, 0.25) is 0 Å². The van der Waals surface area contributed by atoms with E-state index in [0.29, 0.717) is 22.8 Å². The number of carboxylic acid groups (broad SMARTS) is 1. The van der Waals surface area contributed by atoms with Crippen LogP contribution in [0.3, 0.4) is 0 Å². The van der Waals surface area contributed by atoms with Crippen molar-refractivity contribution in [2.75, 3.05) is 20.8 Å². The first kappa shape index (κ1) is 19.8. The van der Waals surface area contributed by atoms with Gasteiger partial charge < -0.3 is 29.6 Å². The quantitative estimate of drug-likeness (QED) is 0.634. The molecule has 144 valence electrons. The number of rotatable bonds is 8. The molecule has 9 heteroatoms. The van der Waals surface area contributed by atoms with Gasteiger partial charge in [0.05, 0.1) is 27.3 Å². The molecule has 2 aromatic rings. The maximum Gasteiger partial charge on any atom is 0.339 e. The van der Waals surface area contributed by atoms with E-state index in [0.717, 1.165) is 0 Å². The summed E-state index contributed by atoms with van der Waals surface area (Å²) in [5.74, 6) is -0.546. The summed E-state index contributed by atoms with van der Waals surface area (Å²) >= 11 is 0. The van der Waals surface area contributed by atoms with Gasteiger partial charge in [-0.3, -0.25) is 9.59 Å². The van der Waals surface area contributed by atoms with Crippen LogP contribution in [-0.2, 0) is 11.3 Å². The molecule has 1 heterocycles. The van der Waals surface area contributed by atoms with Crippen LogP contribution in [0.4, 0.5) is 0 Å². The fourth-order valence-electron chi connectivity index (χ4n) is 2.33. The molecule has 0 radical (unpaired) electrons. The van der Waals surface area contributed by atoms with Gasteiger partial charge in [-0.05, 0) is 31.2 Å². The van der Waals surface area contributed by atoms with Crippen LogP contribution >= 0.6 is 0 Å². The second-order valence-corrected chi connectivity index (χ2v) is 5.52. The maximum atomic E-state index is 12.1. The third kappa shape index (κ3) is 5.00. The molecule has 2 amide bonds. The molecule has 2 rings (SSSR count). The second-order valence-electron chi connectivity index (χ2n) is 5.52. The topological polar surface area (TPSA) is 127 Å². The van der Waals surface area contributed by atoms with Gasteiger partial charge in [-0.2, -0.15) is 0 Å². The zero-order valence-electron chi connectivity index (χ0n) is 15.1. The second kappa shape index (κ2) is 8.75. The SMILES string of the molecule is COc1ccc(C(=O)NCC(=O)NCc2cc(C(=O)O)c(C)o2)cc1OC. The van der Waals surface area contributed by atoms with Gasteiger partial charge in [0, 0.05) is 5.56 Å². The van der Waals surface area contributed by atoms with Crippen LogP contribution < -0.4 is 20.1 Å². The molecule has 0 aliphatic heterocycles. The molecule has 0 saturated carbocycles. The Hall–Kier alpha value is -3.49. The van der Waals surface area contributed by atoms with Crippen molar-refractivity contribution < 1.29 is 33.4 Å². The summed E-state index contributed by atoms with van der Waals surface area (Å²) in [4.78, 5) is 35.0. The molecule has 0 aliphatic carbocycles. The molecule has 0 bridgehead atoms. The molecule has 27 heavy (non-hydrogen) atoms. The van der Waals surface area contributed by atoms with Gasteiger partial charge in [-0.25, -0.2) is 4.79 Å². The first-order valence-electron chi connectivity index (χ1n) is 7.95. The monoisotopic (exact) mass is 376 g/mol. The number of hydrogen-bond donors (Lipinski definition) is 3. The van der Waals surface area contributed by atoms with Crippen molar-refractivity contribution in [3.05, 3.63) is 46.9 Å². The molecule has 0 saturated heterocycles. The zero-order chi connectivity index (χ0) is 20.0. The lowest BCUT2D eigenvalue weighted by Crippen LogP contribution is -2.36. The summed E-state index contributed by atoms with van der Waals surface area (Å²) < 4.78 is 15.5. The third-order valence-electron chi connectivity index (χ3n) is 3.71. The highest BCUT2D eigenvalue weighted by Gasteiger charge is 2.15. The average Bonchev–Trinajstić information content (AvgIpc) is 3.04. The Labute approximate surface area is 155 Å². The number of amides is 2. The number of nitrogens with one attached hydrogen (secondary N) is 2. The number of aryl methyl sites for hydroxylation is 1. The number of methoxy groups -OCH3 is 2. The lowest BCUT2D eigenvalue weighted by molar-refractivity contribution is -0.120. The van der Waals surface area contributed by atoms with Crippen LogP contribution in [0, 0.1) is 6.92 Å². The molecule has 9 nitrogen and oxygen atoms in total. The third-order valence-corrected chi connectivity index (χ3v) is 3.71. The van der Waals surface area contributed by atoms with Crippen LogP contribution in [0.5, 0.6) is 11.5 Å². The minimum Gasteiger partial charge on any atom is -0.493 e. The Morgan fingerprint density at radius 1 is 1.07 bits per heavy atom. The predicted molar refractivity (Wildman–Crippen MR) is 94.1 cm³/mol. The molecule has 3 N–H and O–H groups in total.